The van der Waals surface area contributed by atoms with Gasteiger partial charge in [-0.3, -0.25) is 0 Å². The van der Waals surface area contributed by atoms with Crippen molar-refractivity contribution in [2.75, 3.05) is 18.0 Å². The average molecular weight is 260 g/mol. The Morgan fingerprint density at radius 2 is 1.95 bits per heavy atom. The Kier molecular flexibility index (Phi) is 4.51. The smallest absolute Gasteiger partial charge is 0.0549 e. The second-order valence-electron chi connectivity index (χ2n) is 6.17. The van der Waals surface area contributed by atoms with E-state index in [4.69, 9.17) is 5.73 Å². The van der Waals surface area contributed by atoms with Crippen LogP contribution < -0.4 is 10.6 Å². The summed E-state index contributed by atoms with van der Waals surface area (Å²) in [5, 5.41) is 0. The lowest BCUT2D eigenvalue weighted by Gasteiger charge is -2.52. The van der Waals surface area contributed by atoms with Gasteiger partial charge in [-0.25, -0.2) is 0 Å². The maximum absolute atomic E-state index is 6.25. The van der Waals surface area contributed by atoms with Gasteiger partial charge in [-0.15, -0.1) is 0 Å². The second-order valence-corrected chi connectivity index (χ2v) is 6.17. The summed E-state index contributed by atoms with van der Waals surface area (Å²) in [6.45, 7) is 8.78. The molecule has 1 aliphatic carbocycles. The minimum Gasteiger partial charge on any atom is -0.365 e. The standard InChI is InChI=1S/C17H28N2/c1-4-19(16-8-6-5-7-9-16)17(13-18)11-10-14(2)12-15(17)3/h5-9,14-15H,4,10-13,18H2,1-3H3. The van der Waals surface area contributed by atoms with Gasteiger partial charge in [-0.2, -0.15) is 0 Å². The molecule has 19 heavy (non-hydrogen) atoms. The van der Waals surface area contributed by atoms with Gasteiger partial charge in [0, 0.05) is 18.8 Å². The third-order valence-electron chi connectivity index (χ3n) is 5.02. The topological polar surface area (TPSA) is 29.3 Å². The number of benzene rings is 1. The molecule has 1 fully saturated rings. The van der Waals surface area contributed by atoms with Crippen molar-refractivity contribution in [2.45, 2.75) is 45.6 Å². The van der Waals surface area contributed by atoms with E-state index >= 15 is 0 Å². The number of rotatable bonds is 4. The first kappa shape index (κ1) is 14.4. The summed E-state index contributed by atoms with van der Waals surface area (Å²) < 4.78 is 0. The van der Waals surface area contributed by atoms with Crippen LogP contribution in [0.25, 0.3) is 0 Å². The van der Waals surface area contributed by atoms with Crippen LogP contribution in [-0.2, 0) is 0 Å². The molecule has 2 nitrogen and oxygen atoms in total. The Bertz CT molecular complexity index is 390. The molecule has 3 atom stereocenters. The SMILES string of the molecule is CCN(c1ccccc1)C1(CN)CCC(C)CC1C. The molecule has 106 valence electrons. The Labute approximate surface area is 118 Å². The van der Waals surface area contributed by atoms with Crippen LogP contribution in [0.2, 0.25) is 0 Å². The van der Waals surface area contributed by atoms with Crippen LogP contribution in [0.3, 0.4) is 0 Å². The quantitative estimate of drug-likeness (QED) is 0.895. The van der Waals surface area contributed by atoms with E-state index in [-0.39, 0.29) is 5.54 Å². The maximum Gasteiger partial charge on any atom is 0.0549 e. The summed E-state index contributed by atoms with van der Waals surface area (Å²) in [6, 6.07) is 10.8. The average Bonchev–Trinajstić information content (AvgIpc) is 2.43. The Balaban J connectivity index is 2.33. The largest absolute Gasteiger partial charge is 0.365 e. The zero-order chi connectivity index (χ0) is 13.9. The number of nitrogens with zero attached hydrogens (tertiary/aromatic N) is 1. The van der Waals surface area contributed by atoms with Gasteiger partial charge in [0.1, 0.15) is 0 Å². The van der Waals surface area contributed by atoms with E-state index in [2.05, 4.69) is 56.0 Å². The van der Waals surface area contributed by atoms with Gasteiger partial charge in [0.15, 0.2) is 0 Å². The summed E-state index contributed by atoms with van der Waals surface area (Å²) >= 11 is 0. The molecule has 1 saturated carbocycles. The van der Waals surface area contributed by atoms with Gasteiger partial charge >= 0.3 is 0 Å². The van der Waals surface area contributed by atoms with Crippen molar-refractivity contribution >= 4 is 5.69 Å². The van der Waals surface area contributed by atoms with E-state index in [1.54, 1.807) is 0 Å². The highest BCUT2D eigenvalue weighted by atomic mass is 15.2. The molecule has 0 spiro atoms. The van der Waals surface area contributed by atoms with Crippen LogP contribution in [0.4, 0.5) is 5.69 Å². The molecule has 0 radical (unpaired) electrons. The van der Waals surface area contributed by atoms with Gasteiger partial charge in [0.2, 0.25) is 0 Å². The third kappa shape index (κ3) is 2.64. The monoisotopic (exact) mass is 260 g/mol. The molecule has 1 aliphatic rings. The number of para-hydroxylation sites is 1. The fourth-order valence-corrected chi connectivity index (χ4v) is 3.86. The summed E-state index contributed by atoms with van der Waals surface area (Å²) in [5.74, 6) is 1.49. The zero-order valence-electron chi connectivity index (χ0n) is 12.6. The van der Waals surface area contributed by atoms with Crippen molar-refractivity contribution in [1.82, 2.24) is 0 Å². The molecule has 2 heteroatoms. The Hall–Kier alpha value is -1.02. The van der Waals surface area contributed by atoms with Crippen LogP contribution in [0.1, 0.15) is 40.0 Å². The van der Waals surface area contributed by atoms with Gasteiger partial charge in [0.25, 0.3) is 0 Å². The number of nitrogens with two attached hydrogens (primary N) is 1. The minimum absolute atomic E-state index is 0.141. The predicted octanol–water partition coefficient (Wildman–Crippen LogP) is 3.67. The van der Waals surface area contributed by atoms with Crippen molar-refractivity contribution in [3.63, 3.8) is 0 Å². The number of hydrogen-bond acceptors (Lipinski definition) is 2. The highest BCUT2D eigenvalue weighted by molar-refractivity contribution is 5.49. The lowest BCUT2D eigenvalue weighted by atomic mass is 9.68. The first-order valence-electron chi connectivity index (χ1n) is 7.66. The maximum atomic E-state index is 6.25. The van der Waals surface area contributed by atoms with Crippen molar-refractivity contribution in [2.24, 2.45) is 17.6 Å². The van der Waals surface area contributed by atoms with Crippen molar-refractivity contribution < 1.29 is 0 Å². The zero-order valence-corrected chi connectivity index (χ0v) is 12.6. The Morgan fingerprint density at radius 1 is 1.26 bits per heavy atom. The molecule has 1 aromatic carbocycles. The van der Waals surface area contributed by atoms with Crippen LogP contribution in [0.5, 0.6) is 0 Å². The molecular weight excluding hydrogens is 232 g/mol. The fraction of sp³-hybridized carbons (Fsp3) is 0.647. The first-order valence-corrected chi connectivity index (χ1v) is 7.66. The number of likely N-dealkylation sites (N-methyl/N-ethyl adjacent to an activating group) is 1. The van der Waals surface area contributed by atoms with Gasteiger partial charge < -0.3 is 10.6 Å². The molecule has 0 saturated heterocycles. The summed E-state index contributed by atoms with van der Waals surface area (Å²) in [6.07, 6.45) is 3.81. The van der Waals surface area contributed by atoms with Crippen molar-refractivity contribution in [3.05, 3.63) is 30.3 Å². The molecule has 0 aromatic heterocycles. The summed E-state index contributed by atoms with van der Waals surface area (Å²) in [7, 11) is 0. The van der Waals surface area contributed by atoms with Gasteiger partial charge in [0.05, 0.1) is 5.54 Å². The van der Waals surface area contributed by atoms with E-state index in [0.29, 0.717) is 5.92 Å². The normalized spacial score (nSPS) is 31.2. The molecule has 0 bridgehead atoms. The van der Waals surface area contributed by atoms with Crippen LogP contribution >= 0.6 is 0 Å². The Morgan fingerprint density at radius 3 is 2.47 bits per heavy atom. The third-order valence-corrected chi connectivity index (χ3v) is 5.02. The highest BCUT2D eigenvalue weighted by Gasteiger charge is 2.43. The van der Waals surface area contributed by atoms with Crippen molar-refractivity contribution in [1.29, 1.82) is 0 Å². The molecule has 2 N–H and O–H groups in total. The van der Waals surface area contributed by atoms with Crippen LogP contribution in [0, 0.1) is 11.8 Å². The lowest BCUT2D eigenvalue weighted by molar-refractivity contribution is 0.160. The van der Waals surface area contributed by atoms with E-state index in [0.717, 1.165) is 19.0 Å². The molecule has 0 amide bonds. The molecular formula is C17H28N2. The number of hydrogen-bond donors (Lipinski definition) is 1. The molecule has 2 rings (SSSR count). The summed E-state index contributed by atoms with van der Waals surface area (Å²) in [5.41, 5.74) is 7.70. The fourth-order valence-electron chi connectivity index (χ4n) is 3.86. The van der Waals surface area contributed by atoms with E-state index < -0.39 is 0 Å². The molecule has 0 aliphatic heterocycles. The van der Waals surface area contributed by atoms with E-state index in [9.17, 15) is 0 Å². The lowest BCUT2D eigenvalue weighted by Crippen LogP contribution is -2.60. The van der Waals surface area contributed by atoms with Crippen LogP contribution in [-0.4, -0.2) is 18.6 Å². The highest BCUT2D eigenvalue weighted by Crippen LogP contribution is 2.42. The first-order chi connectivity index (χ1) is 9.14. The van der Waals surface area contributed by atoms with Gasteiger partial charge in [-0.05, 0) is 50.2 Å². The van der Waals surface area contributed by atoms with Crippen LogP contribution in [0.15, 0.2) is 30.3 Å². The second kappa shape index (κ2) is 5.96. The van der Waals surface area contributed by atoms with Crippen molar-refractivity contribution in [3.8, 4) is 0 Å². The molecule has 0 heterocycles. The minimum atomic E-state index is 0.141. The van der Waals surface area contributed by atoms with E-state index in [1.807, 2.05) is 0 Å². The summed E-state index contributed by atoms with van der Waals surface area (Å²) in [4.78, 5) is 2.55. The molecule has 3 unspecified atom stereocenters. The van der Waals surface area contributed by atoms with E-state index in [1.165, 1.54) is 24.9 Å². The van der Waals surface area contributed by atoms with Gasteiger partial charge in [-0.1, -0.05) is 32.0 Å². The number of anilines is 1. The molecule has 1 aromatic rings. The predicted molar refractivity (Wildman–Crippen MR) is 83.4 cm³/mol.